The highest BCUT2D eigenvalue weighted by molar-refractivity contribution is 9.10. The predicted octanol–water partition coefficient (Wildman–Crippen LogP) is 2.83. The van der Waals surface area contributed by atoms with Crippen LogP contribution in [0.15, 0.2) is 35.3 Å². The van der Waals surface area contributed by atoms with E-state index < -0.39 is 0 Å². The number of hydrogen-bond acceptors (Lipinski definition) is 3. The second-order valence-corrected chi connectivity index (χ2v) is 6.33. The van der Waals surface area contributed by atoms with Crippen molar-refractivity contribution in [3.63, 3.8) is 0 Å². The summed E-state index contributed by atoms with van der Waals surface area (Å²) in [5.74, 6) is 0.108. The first-order valence-electron chi connectivity index (χ1n) is 7.04. The fraction of sp³-hybridized carbons (Fsp3) is 0.400. The van der Waals surface area contributed by atoms with Crippen molar-refractivity contribution in [3.05, 3.63) is 46.5 Å². The molecule has 1 aliphatic heterocycles. The van der Waals surface area contributed by atoms with E-state index >= 15 is 0 Å². The van der Waals surface area contributed by atoms with Crippen LogP contribution in [0.2, 0.25) is 0 Å². The molecule has 110 valence electrons. The zero-order valence-electron chi connectivity index (χ0n) is 11.9. The number of hydrogen-bond donors (Lipinski definition) is 0. The van der Waals surface area contributed by atoms with Crippen molar-refractivity contribution in [2.24, 2.45) is 0 Å². The normalized spacial score (nSPS) is 16.2. The van der Waals surface area contributed by atoms with E-state index in [1.807, 2.05) is 34.7 Å². The minimum atomic E-state index is 0.108. The molecule has 0 radical (unpaired) electrons. The van der Waals surface area contributed by atoms with Gasteiger partial charge in [0.15, 0.2) is 0 Å². The van der Waals surface area contributed by atoms with Crippen molar-refractivity contribution in [2.75, 3.05) is 13.1 Å². The van der Waals surface area contributed by atoms with Crippen LogP contribution in [0.5, 0.6) is 0 Å². The molecule has 2 aromatic rings. The first-order chi connectivity index (χ1) is 10.1. The van der Waals surface area contributed by atoms with Gasteiger partial charge in [-0.3, -0.25) is 4.79 Å². The van der Waals surface area contributed by atoms with E-state index in [0.29, 0.717) is 6.04 Å². The minimum Gasteiger partial charge on any atom is -0.338 e. The molecule has 6 heteroatoms. The van der Waals surface area contributed by atoms with Gasteiger partial charge in [0.2, 0.25) is 0 Å². The van der Waals surface area contributed by atoms with Crippen LogP contribution >= 0.6 is 15.9 Å². The Morgan fingerprint density at radius 1 is 1.29 bits per heavy atom. The fourth-order valence-corrected chi connectivity index (χ4v) is 3.39. The second kappa shape index (κ2) is 5.97. The average molecular weight is 349 g/mol. The van der Waals surface area contributed by atoms with Gasteiger partial charge in [-0.05, 0) is 43.5 Å². The van der Waals surface area contributed by atoms with Crippen molar-refractivity contribution in [3.8, 4) is 0 Å². The van der Waals surface area contributed by atoms with Gasteiger partial charge in [0, 0.05) is 23.1 Å². The summed E-state index contributed by atoms with van der Waals surface area (Å²) in [6.07, 6.45) is 5.14. The quantitative estimate of drug-likeness (QED) is 0.838. The Labute approximate surface area is 132 Å². The third-order valence-corrected chi connectivity index (χ3v) is 4.31. The topological polar surface area (TPSA) is 51.0 Å². The van der Waals surface area contributed by atoms with Crippen LogP contribution in [0, 0.1) is 6.92 Å². The number of amides is 1. The van der Waals surface area contributed by atoms with Crippen LogP contribution in [0.25, 0.3) is 0 Å². The van der Waals surface area contributed by atoms with Crippen LogP contribution in [-0.4, -0.2) is 38.7 Å². The van der Waals surface area contributed by atoms with Gasteiger partial charge in [-0.15, -0.1) is 0 Å². The molecule has 1 fully saturated rings. The maximum atomic E-state index is 12.6. The van der Waals surface area contributed by atoms with Gasteiger partial charge in [0.05, 0.1) is 6.04 Å². The van der Waals surface area contributed by atoms with Crippen LogP contribution < -0.4 is 0 Å². The van der Waals surface area contributed by atoms with E-state index in [0.717, 1.165) is 41.5 Å². The number of carbonyl (C=O) groups is 1. The summed E-state index contributed by atoms with van der Waals surface area (Å²) in [6.45, 7) is 3.52. The molecule has 21 heavy (non-hydrogen) atoms. The van der Waals surface area contributed by atoms with Crippen LogP contribution in [0.4, 0.5) is 0 Å². The Morgan fingerprint density at radius 2 is 2.05 bits per heavy atom. The van der Waals surface area contributed by atoms with E-state index in [-0.39, 0.29) is 5.91 Å². The van der Waals surface area contributed by atoms with Gasteiger partial charge in [-0.2, -0.15) is 5.10 Å². The predicted molar refractivity (Wildman–Crippen MR) is 83.1 cm³/mol. The van der Waals surface area contributed by atoms with Crippen molar-refractivity contribution < 1.29 is 4.79 Å². The largest absolute Gasteiger partial charge is 0.338 e. The van der Waals surface area contributed by atoms with Crippen molar-refractivity contribution in [2.45, 2.75) is 25.8 Å². The Bertz CT molecular complexity index is 613. The molecule has 0 saturated carbocycles. The standard InChI is InChI=1S/C15H17BrN4O/c1-11-6-12(8-13(16)7-11)15(21)19-4-2-14(3-5-19)20-10-17-9-18-20/h6-10,14H,2-5H2,1H3. The van der Waals surface area contributed by atoms with Crippen LogP contribution in [-0.2, 0) is 0 Å². The monoisotopic (exact) mass is 348 g/mol. The van der Waals surface area contributed by atoms with E-state index in [1.54, 1.807) is 12.7 Å². The highest BCUT2D eigenvalue weighted by Crippen LogP contribution is 2.23. The third-order valence-electron chi connectivity index (χ3n) is 3.85. The van der Waals surface area contributed by atoms with E-state index in [4.69, 9.17) is 0 Å². The van der Waals surface area contributed by atoms with Gasteiger partial charge in [0.1, 0.15) is 12.7 Å². The van der Waals surface area contributed by atoms with Gasteiger partial charge in [-0.1, -0.05) is 15.9 Å². The minimum absolute atomic E-state index is 0.108. The number of halogens is 1. The van der Waals surface area contributed by atoms with E-state index in [2.05, 4.69) is 26.0 Å². The average Bonchev–Trinajstić information content (AvgIpc) is 3.00. The molecule has 5 nitrogen and oxygen atoms in total. The summed E-state index contributed by atoms with van der Waals surface area (Å²) in [7, 11) is 0. The summed E-state index contributed by atoms with van der Waals surface area (Å²) in [6, 6.07) is 6.18. The molecule has 1 amide bonds. The molecular weight excluding hydrogens is 332 g/mol. The lowest BCUT2D eigenvalue weighted by molar-refractivity contribution is 0.0689. The van der Waals surface area contributed by atoms with Crippen molar-refractivity contribution >= 4 is 21.8 Å². The zero-order valence-corrected chi connectivity index (χ0v) is 13.5. The SMILES string of the molecule is Cc1cc(Br)cc(C(=O)N2CCC(n3cncn3)CC2)c1. The highest BCUT2D eigenvalue weighted by atomic mass is 79.9. The van der Waals surface area contributed by atoms with Gasteiger partial charge >= 0.3 is 0 Å². The Hall–Kier alpha value is -1.69. The molecule has 0 aliphatic carbocycles. The molecular formula is C15H17BrN4O. The van der Waals surface area contributed by atoms with Crippen molar-refractivity contribution in [1.82, 2.24) is 19.7 Å². The van der Waals surface area contributed by atoms with Gasteiger partial charge < -0.3 is 4.90 Å². The fourth-order valence-electron chi connectivity index (χ4n) is 2.78. The number of rotatable bonds is 2. The Balaban J connectivity index is 1.67. The molecule has 1 aromatic carbocycles. The summed E-state index contributed by atoms with van der Waals surface area (Å²) in [5.41, 5.74) is 1.84. The maximum absolute atomic E-state index is 12.6. The lowest BCUT2D eigenvalue weighted by atomic mass is 10.0. The zero-order chi connectivity index (χ0) is 14.8. The number of aryl methyl sites for hydroxylation is 1. The summed E-state index contributed by atoms with van der Waals surface area (Å²) < 4.78 is 2.84. The third kappa shape index (κ3) is 3.15. The first-order valence-corrected chi connectivity index (χ1v) is 7.83. The number of likely N-dealkylation sites (tertiary alicyclic amines) is 1. The Kier molecular flexibility index (Phi) is 4.05. The van der Waals surface area contributed by atoms with E-state index in [1.165, 1.54) is 0 Å². The second-order valence-electron chi connectivity index (χ2n) is 5.42. The first kappa shape index (κ1) is 14.3. The molecule has 1 aliphatic rings. The smallest absolute Gasteiger partial charge is 0.253 e. The highest BCUT2D eigenvalue weighted by Gasteiger charge is 2.25. The maximum Gasteiger partial charge on any atom is 0.253 e. The summed E-state index contributed by atoms with van der Waals surface area (Å²) >= 11 is 3.45. The lowest BCUT2D eigenvalue weighted by Gasteiger charge is -2.32. The summed E-state index contributed by atoms with van der Waals surface area (Å²) in [5, 5.41) is 4.19. The lowest BCUT2D eigenvalue weighted by Crippen LogP contribution is -2.39. The molecule has 0 unspecified atom stereocenters. The number of carbonyl (C=O) groups excluding carboxylic acids is 1. The molecule has 2 heterocycles. The molecule has 0 bridgehead atoms. The number of aromatic nitrogens is 3. The molecule has 3 rings (SSSR count). The Morgan fingerprint density at radius 3 is 2.67 bits per heavy atom. The molecule has 0 N–H and O–H groups in total. The van der Waals surface area contributed by atoms with Crippen LogP contribution in [0.1, 0.15) is 34.8 Å². The van der Waals surface area contributed by atoms with E-state index in [9.17, 15) is 4.79 Å². The van der Waals surface area contributed by atoms with Crippen molar-refractivity contribution in [1.29, 1.82) is 0 Å². The number of benzene rings is 1. The number of nitrogens with zero attached hydrogens (tertiary/aromatic N) is 4. The van der Waals surface area contributed by atoms with Crippen LogP contribution in [0.3, 0.4) is 0 Å². The number of piperidine rings is 1. The van der Waals surface area contributed by atoms with Gasteiger partial charge in [0.25, 0.3) is 5.91 Å². The molecule has 0 atom stereocenters. The molecule has 0 spiro atoms. The molecule has 1 saturated heterocycles. The summed E-state index contributed by atoms with van der Waals surface area (Å²) in [4.78, 5) is 18.5. The molecule has 1 aromatic heterocycles. The van der Waals surface area contributed by atoms with Gasteiger partial charge in [-0.25, -0.2) is 9.67 Å².